The lowest BCUT2D eigenvalue weighted by molar-refractivity contribution is -0.132. The number of fused-ring (bicyclic) bond motifs is 1. The maximum atomic E-state index is 12.8. The van der Waals surface area contributed by atoms with Crippen molar-refractivity contribution in [2.45, 2.75) is 20.0 Å². The van der Waals surface area contributed by atoms with E-state index in [1.807, 2.05) is 19.1 Å². The summed E-state index contributed by atoms with van der Waals surface area (Å²) in [6.45, 7) is 2.72. The molecule has 3 aromatic heterocycles. The van der Waals surface area contributed by atoms with E-state index in [4.69, 9.17) is 11.6 Å². The van der Waals surface area contributed by atoms with Crippen LogP contribution in [0.3, 0.4) is 0 Å². The number of halogens is 2. The summed E-state index contributed by atoms with van der Waals surface area (Å²) in [5.41, 5.74) is -0.747. The van der Waals surface area contributed by atoms with Crippen molar-refractivity contribution in [3.63, 3.8) is 0 Å². The molecule has 0 aliphatic heterocycles. The molecular formula is C16H17BrClN5O3S. The van der Waals surface area contributed by atoms with Gasteiger partial charge in [0.05, 0.1) is 10.3 Å². The van der Waals surface area contributed by atoms with Crippen LogP contribution in [0.15, 0.2) is 25.5 Å². The summed E-state index contributed by atoms with van der Waals surface area (Å²) in [6.07, 6.45) is 0. The van der Waals surface area contributed by atoms with Crippen molar-refractivity contribution < 1.29 is 4.79 Å². The summed E-state index contributed by atoms with van der Waals surface area (Å²) in [7, 11) is 2.89. The van der Waals surface area contributed by atoms with Gasteiger partial charge in [0, 0.05) is 25.5 Å². The summed E-state index contributed by atoms with van der Waals surface area (Å²) in [4.78, 5) is 44.3. The van der Waals surface area contributed by atoms with Crippen LogP contribution in [0.2, 0.25) is 5.28 Å². The second-order valence-electron chi connectivity index (χ2n) is 5.96. The van der Waals surface area contributed by atoms with Gasteiger partial charge in [-0.2, -0.15) is 4.98 Å². The number of aryl methyl sites for hydroxylation is 1. The maximum Gasteiger partial charge on any atom is 0.332 e. The highest BCUT2D eigenvalue weighted by atomic mass is 79.9. The zero-order chi connectivity index (χ0) is 19.9. The second kappa shape index (κ2) is 7.61. The molecule has 0 saturated heterocycles. The van der Waals surface area contributed by atoms with Crippen LogP contribution >= 0.6 is 38.9 Å². The molecule has 0 atom stereocenters. The van der Waals surface area contributed by atoms with E-state index in [1.54, 1.807) is 16.2 Å². The van der Waals surface area contributed by atoms with Crippen molar-refractivity contribution in [3.05, 3.63) is 46.9 Å². The molecule has 11 heteroatoms. The van der Waals surface area contributed by atoms with E-state index in [-0.39, 0.29) is 28.9 Å². The SMILES string of the molecule is CCN(Cc1ccc(Br)s1)C(=O)Cn1c(Cl)nc2c1c(=O)n(C)c(=O)n2C. The molecule has 27 heavy (non-hydrogen) atoms. The number of hydrogen-bond donors (Lipinski definition) is 0. The standard InChI is InChI=1S/C16H17BrClN5O3S/c1-4-22(7-9-5-6-10(17)27-9)11(24)8-23-12-13(19-15(23)18)20(2)16(26)21(3)14(12)25/h5-6H,4,7-8H2,1-3H3. The molecule has 0 radical (unpaired) electrons. The average Bonchev–Trinajstić information content (AvgIpc) is 3.19. The monoisotopic (exact) mass is 473 g/mol. The van der Waals surface area contributed by atoms with Gasteiger partial charge in [-0.1, -0.05) is 0 Å². The van der Waals surface area contributed by atoms with E-state index in [0.29, 0.717) is 13.1 Å². The van der Waals surface area contributed by atoms with Crippen LogP contribution in [0, 0.1) is 0 Å². The number of hydrogen-bond acceptors (Lipinski definition) is 5. The zero-order valence-corrected chi connectivity index (χ0v) is 18.1. The molecule has 0 fully saturated rings. The van der Waals surface area contributed by atoms with Gasteiger partial charge >= 0.3 is 5.69 Å². The highest BCUT2D eigenvalue weighted by Crippen LogP contribution is 2.23. The number of amides is 1. The summed E-state index contributed by atoms with van der Waals surface area (Å²) < 4.78 is 4.56. The number of rotatable bonds is 5. The number of carbonyl (C=O) groups is 1. The van der Waals surface area contributed by atoms with Crippen LogP contribution in [0.4, 0.5) is 0 Å². The lowest BCUT2D eigenvalue weighted by Gasteiger charge is -2.20. The minimum absolute atomic E-state index is 0.00780. The molecule has 0 unspecified atom stereocenters. The van der Waals surface area contributed by atoms with E-state index in [0.717, 1.165) is 13.2 Å². The molecule has 0 bridgehead atoms. The molecule has 3 heterocycles. The first-order valence-corrected chi connectivity index (χ1v) is 10.1. The van der Waals surface area contributed by atoms with Crippen LogP contribution in [-0.2, 0) is 32.0 Å². The molecule has 0 aliphatic carbocycles. The molecule has 0 aliphatic rings. The van der Waals surface area contributed by atoms with Gasteiger partial charge in [-0.3, -0.25) is 23.3 Å². The minimum atomic E-state index is -0.537. The Morgan fingerprint density at radius 2 is 2.00 bits per heavy atom. The molecule has 0 saturated carbocycles. The highest BCUT2D eigenvalue weighted by molar-refractivity contribution is 9.11. The lowest BCUT2D eigenvalue weighted by Crippen LogP contribution is -2.38. The van der Waals surface area contributed by atoms with Crippen molar-refractivity contribution in [2.24, 2.45) is 14.1 Å². The molecular weight excluding hydrogens is 458 g/mol. The Morgan fingerprint density at radius 1 is 1.30 bits per heavy atom. The van der Waals surface area contributed by atoms with Crippen molar-refractivity contribution in [3.8, 4) is 0 Å². The molecule has 144 valence electrons. The predicted molar refractivity (Wildman–Crippen MR) is 108 cm³/mol. The van der Waals surface area contributed by atoms with Crippen LogP contribution in [0.1, 0.15) is 11.8 Å². The van der Waals surface area contributed by atoms with Crippen molar-refractivity contribution >= 4 is 55.9 Å². The topological polar surface area (TPSA) is 82.1 Å². The van der Waals surface area contributed by atoms with Crippen molar-refractivity contribution in [1.82, 2.24) is 23.6 Å². The van der Waals surface area contributed by atoms with Crippen LogP contribution in [-0.4, -0.2) is 36.0 Å². The Balaban J connectivity index is 1.98. The largest absolute Gasteiger partial charge is 0.336 e. The Labute approximate surface area is 171 Å². The summed E-state index contributed by atoms with van der Waals surface area (Å²) in [5.74, 6) is -0.195. The third kappa shape index (κ3) is 3.61. The molecule has 0 N–H and O–H groups in total. The normalized spacial score (nSPS) is 11.3. The van der Waals surface area contributed by atoms with Crippen LogP contribution in [0.25, 0.3) is 11.2 Å². The van der Waals surface area contributed by atoms with Gasteiger partial charge < -0.3 is 4.90 Å². The average molecular weight is 475 g/mol. The van der Waals surface area contributed by atoms with E-state index in [9.17, 15) is 14.4 Å². The zero-order valence-electron chi connectivity index (χ0n) is 14.9. The third-order valence-electron chi connectivity index (χ3n) is 4.30. The molecule has 3 rings (SSSR count). The number of carbonyl (C=O) groups excluding carboxylic acids is 1. The number of thiophene rings is 1. The van der Waals surface area contributed by atoms with Gasteiger partial charge in [-0.25, -0.2) is 4.79 Å². The van der Waals surface area contributed by atoms with Gasteiger partial charge in [0.25, 0.3) is 5.56 Å². The fourth-order valence-corrected chi connectivity index (χ4v) is 4.52. The Hall–Kier alpha value is -1.91. The molecule has 3 aromatic rings. The van der Waals surface area contributed by atoms with Crippen molar-refractivity contribution in [2.75, 3.05) is 6.54 Å². The van der Waals surface area contributed by atoms with Gasteiger partial charge in [-0.15, -0.1) is 11.3 Å². The smallest absolute Gasteiger partial charge is 0.332 e. The molecule has 0 aromatic carbocycles. The van der Waals surface area contributed by atoms with Gasteiger partial charge in [0.15, 0.2) is 11.2 Å². The quantitative estimate of drug-likeness (QED) is 0.529. The summed E-state index contributed by atoms with van der Waals surface area (Å²) in [5, 5.41) is -0.00780. The second-order valence-corrected chi connectivity index (χ2v) is 8.84. The fraction of sp³-hybridized carbons (Fsp3) is 0.375. The number of likely N-dealkylation sites (N-methyl/N-ethyl adjacent to an activating group) is 1. The molecule has 8 nitrogen and oxygen atoms in total. The van der Waals surface area contributed by atoms with Gasteiger partial charge in [0.1, 0.15) is 6.54 Å². The molecule has 0 spiro atoms. The summed E-state index contributed by atoms with van der Waals surface area (Å²) in [6, 6.07) is 3.89. The maximum absolute atomic E-state index is 12.8. The first-order chi connectivity index (χ1) is 12.7. The Bertz CT molecular complexity index is 1150. The van der Waals surface area contributed by atoms with E-state index >= 15 is 0 Å². The lowest BCUT2D eigenvalue weighted by atomic mass is 10.3. The first-order valence-electron chi connectivity index (χ1n) is 8.08. The Kier molecular flexibility index (Phi) is 5.59. The Morgan fingerprint density at radius 3 is 2.59 bits per heavy atom. The number of aromatic nitrogens is 4. The van der Waals surface area contributed by atoms with E-state index in [1.165, 1.54) is 23.2 Å². The van der Waals surface area contributed by atoms with Crippen LogP contribution in [0.5, 0.6) is 0 Å². The molecule has 1 amide bonds. The summed E-state index contributed by atoms with van der Waals surface area (Å²) >= 11 is 11.2. The minimum Gasteiger partial charge on any atom is -0.336 e. The van der Waals surface area contributed by atoms with E-state index < -0.39 is 11.2 Å². The first kappa shape index (κ1) is 19.8. The van der Waals surface area contributed by atoms with Gasteiger partial charge in [0.2, 0.25) is 11.2 Å². The van der Waals surface area contributed by atoms with E-state index in [2.05, 4.69) is 20.9 Å². The number of imidazole rings is 1. The number of nitrogens with zero attached hydrogens (tertiary/aromatic N) is 5. The van der Waals surface area contributed by atoms with Crippen LogP contribution < -0.4 is 11.2 Å². The predicted octanol–water partition coefficient (Wildman–Crippen LogP) is 1.96. The van der Waals surface area contributed by atoms with Gasteiger partial charge in [-0.05, 0) is 46.6 Å². The third-order valence-corrected chi connectivity index (χ3v) is 6.20. The highest BCUT2D eigenvalue weighted by Gasteiger charge is 2.22. The van der Waals surface area contributed by atoms with Crippen molar-refractivity contribution in [1.29, 1.82) is 0 Å². The fourth-order valence-electron chi connectivity index (χ4n) is 2.80.